The minimum Gasteiger partial charge on any atom is -0.447 e. The number of alkyl halides is 4. The number of imidazole rings is 2. The monoisotopic (exact) mass is 1180 g/mol. The van der Waals surface area contributed by atoms with Crippen LogP contribution in [0.2, 0.25) is 0 Å². The highest BCUT2D eigenvalue weighted by molar-refractivity contribution is 8.44. The van der Waals surface area contributed by atoms with E-state index < -0.39 is 149 Å². The van der Waals surface area contributed by atoms with Gasteiger partial charge in [0.1, 0.15) is 73.8 Å². The molecule has 36 heteroatoms. The Kier molecular flexibility index (Phi) is 16.5. The van der Waals surface area contributed by atoms with Gasteiger partial charge in [-0.2, -0.15) is 0 Å². The van der Waals surface area contributed by atoms with Gasteiger partial charge in [-0.3, -0.25) is 43.1 Å². The van der Waals surface area contributed by atoms with E-state index >= 15 is 8.78 Å². The Morgan fingerprint density at radius 3 is 1.56 bits per heavy atom. The molecule has 9 rings (SSSR count). The van der Waals surface area contributed by atoms with E-state index in [0.29, 0.717) is 0 Å². The second-order valence-corrected chi connectivity index (χ2v) is 26.1. The van der Waals surface area contributed by atoms with E-state index in [0.717, 1.165) is 44.2 Å². The molecular formula is C42H54F4N12O16P2S2. The number of thiol groups is 1. The van der Waals surface area contributed by atoms with Crippen molar-refractivity contribution >= 4 is 95.9 Å². The smallest absolute Gasteiger partial charge is 0.412 e. The predicted molar refractivity (Wildman–Crippen MR) is 265 cm³/mol. The van der Waals surface area contributed by atoms with Crippen LogP contribution in [0.25, 0.3) is 22.3 Å². The number of nitrogens with one attached hydrogen (secondary N) is 2. The minimum atomic E-state index is -4.65. The molecule has 428 valence electrons. The van der Waals surface area contributed by atoms with Crippen LogP contribution in [-0.2, 0) is 62.9 Å². The molecule has 5 fully saturated rings. The van der Waals surface area contributed by atoms with Crippen LogP contribution >= 0.6 is 25.8 Å². The van der Waals surface area contributed by atoms with Crippen molar-refractivity contribution in [2.75, 3.05) is 50.2 Å². The number of anilines is 2. The van der Waals surface area contributed by atoms with Gasteiger partial charge in [-0.25, -0.2) is 71.2 Å². The molecule has 4 aromatic rings. The molecule has 0 saturated carbocycles. The van der Waals surface area contributed by atoms with Crippen molar-refractivity contribution < 1.29 is 92.7 Å². The summed E-state index contributed by atoms with van der Waals surface area (Å²) in [4.78, 5) is 89.8. The second kappa shape index (κ2) is 22.4. The van der Waals surface area contributed by atoms with Crippen LogP contribution in [0.15, 0.2) is 25.3 Å². The maximum absolute atomic E-state index is 16.7. The third-order valence-corrected chi connectivity index (χ3v) is 15.5. The van der Waals surface area contributed by atoms with Crippen molar-refractivity contribution in [3.05, 3.63) is 25.3 Å². The summed E-state index contributed by atoms with van der Waals surface area (Å²) in [6.45, 7) is -2.16. The highest BCUT2D eigenvalue weighted by Crippen LogP contribution is 2.59. The topological polar surface area (TPSA) is 316 Å². The number of amides is 4. The van der Waals surface area contributed by atoms with Crippen molar-refractivity contribution in [3.8, 4) is 0 Å². The van der Waals surface area contributed by atoms with E-state index in [1.807, 2.05) is 0 Å². The van der Waals surface area contributed by atoms with E-state index in [2.05, 4.69) is 52.8 Å². The number of hydrogen-bond donors (Lipinski definition) is 4. The first-order valence-electron chi connectivity index (χ1n) is 24.0. The third kappa shape index (κ3) is 13.0. The van der Waals surface area contributed by atoms with E-state index in [9.17, 15) is 37.4 Å². The number of aromatic nitrogens is 8. The maximum Gasteiger partial charge on any atom is 0.412 e. The lowest BCUT2D eigenvalue weighted by molar-refractivity contribution is -0.0564. The van der Waals surface area contributed by atoms with Gasteiger partial charge >= 0.3 is 37.9 Å². The molecule has 9 heterocycles. The van der Waals surface area contributed by atoms with Gasteiger partial charge in [0, 0.05) is 12.8 Å². The average Bonchev–Trinajstić information content (AvgIpc) is 4.37. The second-order valence-electron chi connectivity index (χ2n) is 20.5. The molecule has 28 nitrogen and oxygen atoms in total. The zero-order valence-corrected chi connectivity index (χ0v) is 45.7. The molecule has 2 unspecified atom stereocenters. The zero-order chi connectivity index (χ0) is 56.2. The molecule has 0 aliphatic carbocycles. The van der Waals surface area contributed by atoms with E-state index in [1.165, 1.54) is 0 Å². The predicted octanol–water partition coefficient (Wildman–Crippen LogP) is 6.00. The Balaban J connectivity index is 0.844. The van der Waals surface area contributed by atoms with Crippen LogP contribution in [0.4, 0.5) is 48.4 Å². The number of carbonyl (C=O) groups excluding carboxylic acids is 4. The van der Waals surface area contributed by atoms with E-state index in [4.69, 9.17) is 58.3 Å². The highest BCUT2D eigenvalue weighted by Gasteiger charge is 2.54. The lowest BCUT2D eigenvalue weighted by Gasteiger charge is -2.29. The molecule has 4 aromatic heterocycles. The molecule has 0 radical (unpaired) electrons. The summed E-state index contributed by atoms with van der Waals surface area (Å²) >= 11 is 9.33. The summed E-state index contributed by atoms with van der Waals surface area (Å²) in [5, 5.41) is 4.81. The third-order valence-electron chi connectivity index (χ3n) is 12.4. The van der Waals surface area contributed by atoms with Crippen molar-refractivity contribution in [1.29, 1.82) is 0 Å². The standard InChI is InChI=1S/C42H54F4N12O16P2S2/c1-41(2,3)71-39(61)55-9-19(43)7-21(55)11-65-37(59)53-31-27-33(49-15-47-31)57(17-51-27)35-25(45)29-23(69-35)13-67-76(64,78)74-30-24(14-68-75(63,77)73-29)70-36(26(30)46)58-18-52-28-32(48-16-50-34(28)58)54-38(60)66-12-22-8-20(44)10-56(22)40(62)72-42(4,5)6/h15-26,29-30,35-36H,7-14H2,1-6H3,(H,63,77)(H,64,78)(H,47,49,53,59)(H,48,50,54,60)/t19-,20-,21-,22-,23+,24+,25+,26+,29+,30+,35+,36+,75?,76?/m0/s1. The number of rotatable bonds is 8. The SMILES string of the molecule is CC(C)(C)OC(=O)N1C[C@@H](F)C[C@H]1COC(=O)Nc1ncnc2c1ncn2[C@@H]1O[C@@H]2COP(O)(=S)O[C@H]3[C@@H](F)[C@H](n4cnc5c(NC(=O)OC[C@@H]6C[C@H](F)CN6C(=O)OC(C)(C)C)ncnc54)O[C@@H]3COP(=O)(S)O[C@H]2[C@H]1F. The average molecular weight is 1190 g/mol. The van der Waals surface area contributed by atoms with Gasteiger partial charge in [-0.05, 0) is 53.3 Å². The van der Waals surface area contributed by atoms with Crippen LogP contribution in [0.5, 0.6) is 0 Å². The summed E-state index contributed by atoms with van der Waals surface area (Å²) in [6.07, 6.45) is -17.0. The Bertz CT molecular complexity index is 2820. The molecule has 3 N–H and O–H groups in total. The Labute approximate surface area is 450 Å². The number of likely N-dealkylation sites (tertiary alicyclic amines) is 2. The normalized spacial score (nSPS) is 32.7. The van der Waals surface area contributed by atoms with Crippen LogP contribution in [0.3, 0.4) is 0 Å². The molecule has 4 amide bonds. The van der Waals surface area contributed by atoms with Gasteiger partial charge in [0.25, 0.3) is 0 Å². The van der Waals surface area contributed by atoms with Crippen LogP contribution < -0.4 is 10.6 Å². The molecule has 5 saturated heterocycles. The zero-order valence-electron chi connectivity index (χ0n) is 42.2. The Morgan fingerprint density at radius 2 is 1.13 bits per heavy atom. The number of nitrogens with zero attached hydrogens (tertiary/aromatic N) is 10. The molecular weight excluding hydrogens is 1130 g/mol. The van der Waals surface area contributed by atoms with E-state index in [-0.39, 0.29) is 59.9 Å². The van der Waals surface area contributed by atoms with Gasteiger partial charge in [0.2, 0.25) is 0 Å². The molecule has 0 aromatic carbocycles. The fraction of sp³-hybridized carbons (Fsp3) is 0.667. The minimum absolute atomic E-state index is 0.0827. The quantitative estimate of drug-likeness (QED) is 0.0680. The number of fused-ring (bicyclic) bond motifs is 4. The van der Waals surface area contributed by atoms with Gasteiger partial charge in [-0.1, -0.05) is 12.2 Å². The number of ether oxygens (including phenoxy) is 6. The number of hydrogen-bond acceptors (Lipinski definition) is 22. The van der Waals surface area contributed by atoms with Gasteiger partial charge < -0.3 is 37.8 Å². The molecule has 5 aliphatic rings. The molecule has 5 aliphatic heterocycles. The molecule has 78 heavy (non-hydrogen) atoms. The molecule has 14 atom stereocenters. The first kappa shape index (κ1) is 57.5. The summed E-state index contributed by atoms with van der Waals surface area (Å²) in [7, 11) is 0. The number of carbonyl (C=O) groups is 4. The van der Waals surface area contributed by atoms with Crippen molar-refractivity contribution in [2.24, 2.45) is 0 Å². The van der Waals surface area contributed by atoms with Crippen LogP contribution in [0, 0.1) is 0 Å². The van der Waals surface area contributed by atoms with Crippen molar-refractivity contribution in [2.45, 2.75) is 139 Å². The Morgan fingerprint density at radius 1 is 0.705 bits per heavy atom. The van der Waals surface area contributed by atoms with Gasteiger partial charge in [0.05, 0.1) is 51.0 Å². The van der Waals surface area contributed by atoms with Gasteiger partial charge in [0.15, 0.2) is 58.8 Å². The van der Waals surface area contributed by atoms with Crippen LogP contribution in [0.1, 0.15) is 66.8 Å². The summed E-state index contributed by atoms with van der Waals surface area (Å²) in [5.74, 6) is -0.398. The number of halogens is 4. The fourth-order valence-electron chi connectivity index (χ4n) is 9.05. The molecule has 0 bridgehead atoms. The summed E-state index contributed by atoms with van der Waals surface area (Å²) < 4.78 is 134. The van der Waals surface area contributed by atoms with Crippen LogP contribution in [-0.4, -0.2) is 190 Å². The van der Waals surface area contributed by atoms with Gasteiger partial charge in [-0.15, -0.1) is 0 Å². The highest BCUT2D eigenvalue weighted by atomic mass is 32.7. The maximum atomic E-state index is 16.7. The largest absolute Gasteiger partial charge is 0.447 e. The lowest BCUT2D eigenvalue weighted by Crippen LogP contribution is -2.42. The van der Waals surface area contributed by atoms with Crippen molar-refractivity contribution in [1.82, 2.24) is 48.8 Å². The lowest BCUT2D eigenvalue weighted by atomic mass is 10.1. The Hall–Kier alpha value is -5.15. The van der Waals surface area contributed by atoms with E-state index in [1.54, 1.807) is 41.5 Å². The first-order valence-corrected chi connectivity index (χ1v) is 29.3. The summed E-state index contributed by atoms with van der Waals surface area (Å²) in [6, 6.07) is -1.66. The fourth-order valence-corrected chi connectivity index (χ4v) is 12.0. The van der Waals surface area contributed by atoms with Crippen molar-refractivity contribution in [3.63, 3.8) is 0 Å². The molecule has 0 spiro atoms. The first-order chi connectivity index (χ1) is 36.6. The summed E-state index contributed by atoms with van der Waals surface area (Å²) in [5.41, 5.74) is -2.07.